The number of halogens is 1. The molecule has 1 saturated heterocycles. The minimum Gasteiger partial charge on any atom is -0.393 e. The first kappa shape index (κ1) is 18.3. The fraction of sp³-hybridized carbons (Fsp3) is 0.722. The number of thiazole rings is 1. The molecule has 142 valence electrons. The average molecular weight is 396 g/mol. The van der Waals surface area contributed by atoms with Crippen molar-refractivity contribution in [2.45, 2.75) is 70.1 Å². The van der Waals surface area contributed by atoms with Gasteiger partial charge in [0, 0.05) is 25.2 Å². The molecule has 0 amide bonds. The van der Waals surface area contributed by atoms with E-state index in [-0.39, 0.29) is 11.4 Å². The van der Waals surface area contributed by atoms with Crippen LogP contribution in [0.5, 0.6) is 0 Å². The van der Waals surface area contributed by atoms with E-state index in [1.807, 2.05) is 0 Å². The minimum absolute atomic E-state index is 0.0969. The van der Waals surface area contributed by atoms with Gasteiger partial charge in [0.05, 0.1) is 11.1 Å². The number of aryl methyl sites for hydroxylation is 1. The van der Waals surface area contributed by atoms with Gasteiger partial charge in [0.1, 0.15) is 5.52 Å². The fourth-order valence-corrected chi connectivity index (χ4v) is 5.22. The maximum atomic E-state index is 9.70. The van der Waals surface area contributed by atoms with Gasteiger partial charge >= 0.3 is 0 Å². The van der Waals surface area contributed by atoms with Crippen molar-refractivity contribution in [3.05, 3.63) is 10.3 Å². The molecular formula is C18H26ClN5OS. The monoisotopic (exact) mass is 395 g/mol. The summed E-state index contributed by atoms with van der Waals surface area (Å²) in [6, 6.07) is 1.06. The quantitative estimate of drug-likeness (QED) is 0.772. The lowest BCUT2D eigenvalue weighted by Gasteiger charge is -2.40. The Balaban J connectivity index is 1.40. The van der Waals surface area contributed by atoms with Gasteiger partial charge in [0.15, 0.2) is 10.6 Å². The molecule has 3 heterocycles. The molecule has 4 rings (SSSR count). The van der Waals surface area contributed by atoms with E-state index >= 15 is 0 Å². The van der Waals surface area contributed by atoms with Gasteiger partial charge in [-0.1, -0.05) is 18.3 Å². The maximum absolute atomic E-state index is 9.70. The number of anilines is 1. The number of nitrogens with one attached hydrogen (secondary N) is 1. The minimum atomic E-state index is -0.0969. The summed E-state index contributed by atoms with van der Waals surface area (Å²) in [5, 5.41) is 14.6. The van der Waals surface area contributed by atoms with E-state index in [1.54, 1.807) is 11.3 Å². The molecule has 1 aliphatic heterocycles. The van der Waals surface area contributed by atoms with E-state index < -0.39 is 0 Å². The number of rotatable bonds is 4. The first-order chi connectivity index (χ1) is 12.6. The summed E-state index contributed by atoms with van der Waals surface area (Å²) < 4.78 is 0. The SMILES string of the molecule is CCc1nc2c(N[C@H]3CC[C@H](N4CCC(O)CC4)CC3)nc(Cl)nc2s1. The molecule has 2 aliphatic rings. The topological polar surface area (TPSA) is 74.2 Å². The molecule has 2 aromatic heterocycles. The van der Waals surface area contributed by atoms with Crippen LogP contribution < -0.4 is 5.32 Å². The predicted molar refractivity (Wildman–Crippen MR) is 106 cm³/mol. The zero-order chi connectivity index (χ0) is 18.1. The van der Waals surface area contributed by atoms with Crippen molar-refractivity contribution in [3.63, 3.8) is 0 Å². The highest BCUT2D eigenvalue weighted by molar-refractivity contribution is 7.18. The third-order valence-corrected chi connectivity index (χ3v) is 6.89. The Bertz CT molecular complexity index is 753. The number of fused-ring (bicyclic) bond motifs is 1. The van der Waals surface area contributed by atoms with Crippen LogP contribution in [0.2, 0.25) is 5.28 Å². The van der Waals surface area contributed by atoms with E-state index in [4.69, 9.17) is 11.6 Å². The Hall–Kier alpha value is -1.02. The molecule has 0 spiro atoms. The molecule has 26 heavy (non-hydrogen) atoms. The zero-order valence-electron chi connectivity index (χ0n) is 15.1. The number of aliphatic hydroxyl groups is 1. The highest BCUT2D eigenvalue weighted by atomic mass is 35.5. The van der Waals surface area contributed by atoms with Crippen LogP contribution >= 0.6 is 22.9 Å². The summed E-state index contributed by atoms with van der Waals surface area (Å²) in [5.41, 5.74) is 0.850. The second-order valence-electron chi connectivity index (χ2n) is 7.37. The fourth-order valence-electron chi connectivity index (χ4n) is 4.12. The van der Waals surface area contributed by atoms with Crippen LogP contribution in [0.15, 0.2) is 0 Å². The number of nitrogens with zero attached hydrogens (tertiary/aromatic N) is 4. The molecule has 0 bridgehead atoms. The van der Waals surface area contributed by atoms with Gasteiger partial charge < -0.3 is 15.3 Å². The van der Waals surface area contributed by atoms with Crippen LogP contribution in [-0.2, 0) is 6.42 Å². The number of aromatic nitrogens is 3. The Morgan fingerprint density at radius 1 is 1.12 bits per heavy atom. The zero-order valence-corrected chi connectivity index (χ0v) is 16.7. The maximum Gasteiger partial charge on any atom is 0.225 e. The van der Waals surface area contributed by atoms with Crippen LogP contribution in [0, 0.1) is 0 Å². The molecule has 2 N–H and O–H groups in total. The van der Waals surface area contributed by atoms with Crippen LogP contribution in [-0.4, -0.2) is 56.2 Å². The number of piperidine rings is 1. The Kier molecular flexibility index (Phi) is 5.59. The number of hydrogen-bond donors (Lipinski definition) is 2. The molecule has 8 heteroatoms. The summed E-state index contributed by atoms with van der Waals surface area (Å²) in [7, 11) is 0. The van der Waals surface area contributed by atoms with Crippen molar-refractivity contribution < 1.29 is 5.11 Å². The van der Waals surface area contributed by atoms with Gasteiger partial charge in [-0.25, -0.2) is 9.97 Å². The van der Waals surface area contributed by atoms with Crippen molar-refractivity contribution >= 4 is 39.1 Å². The summed E-state index contributed by atoms with van der Waals surface area (Å²) in [5.74, 6) is 0.778. The van der Waals surface area contributed by atoms with Crippen LogP contribution in [0.4, 0.5) is 5.82 Å². The van der Waals surface area contributed by atoms with Gasteiger partial charge in [-0.05, 0) is 56.5 Å². The molecule has 0 unspecified atom stereocenters. The highest BCUT2D eigenvalue weighted by Crippen LogP contribution is 2.31. The number of aliphatic hydroxyl groups excluding tert-OH is 1. The first-order valence-corrected chi connectivity index (χ1v) is 10.8. The first-order valence-electron chi connectivity index (χ1n) is 9.64. The van der Waals surface area contributed by atoms with E-state index in [9.17, 15) is 5.11 Å². The lowest BCUT2D eigenvalue weighted by molar-refractivity contribution is 0.0495. The summed E-state index contributed by atoms with van der Waals surface area (Å²) in [4.78, 5) is 16.8. The van der Waals surface area contributed by atoms with E-state index in [0.29, 0.717) is 12.1 Å². The number of hydrogen-bond acceptors (Lipinski definition) is 7. The Morgan fingerprint density at radius 2 is 1.85 bits per heavy atom. The largest absolute Gasteiger partial charge is 0.393 e. The lowest BCUT2D eigenvalue weighted by atomic mass is 9.89. The molecule has 2 aromatic rings. The van der Waals surface area contributed by atoms with E-state index in [2.05, 4.69) is 32.1 Å². The van der Waals surface area contributed by atoms with Gasteiger partial charge in [-0.2, -0.15) is 4.98 Å². The standard InChI is InChI=1S/C18H26ClN5OS/c1-2-14-21-15-16(22-18(19)23-17(15)26-14)20-11-3-5-12(6-4-11)24-9-7-13(25)8-10-24/h11-13,25H,2-10H2,1H3,(H,20,22,23)/t11-,12-. The normalized spacial score (nSPS) is 25.7. The molecule has 0 aromatic carbocycles. The van der Waals surface area contributed by atoms with Crippen molar-refractivity contribution in [2.24, 2.45) is 0 Å². The van der Waals surface area contributed by atoms with Gasteiger partial charge in [0.25, 0.3) is 0 Å². The summed E-state index contributed by atoms with van der Waals surface area (Å²) in [6.07, 6.45) is 7.25. The average Bonchev–Trinajstić information content (AvgIpc) is 3.06. The lowest BCUT2D eigenvalue weighted by Crippen LogP contribution is -2.45. The van der Waals surface area contributed by atoms with Crippen LogP contribution in [0.3, 0.4) is 0 Å². The molecule has 0 atom stereocenters. The van der Waals surface area contributed by atoms with Gasteiger partial charge in [-0.15, -0.1) is 0 Å². The van der Waals surface area contributed by atoms with E-state index in [1.165, 1.54) is 12.8 Å². The number of likely N-dealkylation sites (tertiary alicyclic amines) is 1. The molecule has 1 aliphatic carbocycles. The van der Waals surface area contributed by atoms with Gasteiger partial charge in [0.2, 0.25) is 5.28 Å². The van der Waals surface area contributed by atoms with Gasteiger partial charge in [-0.3, -0.25) is 0 Å². The second kappa shape index (κ2) is 7.92. The van der Waals surface area contributed by atoms with Crippen molar-refractivity contribution in [1.29, 1.82) is 0 Å². The van der Waals surface area contributed by atoms with Crippen LogP contribution in [0.1, 0.15) is 50.5 Å². The molecule has 1 saturated carbocycles. The molecule has 2 fully saturated rings. The second-order valence-corrected chi connectivity index (χ2v) is 8.77. The predicted octanol–water partition coefficient (Wildman–Crippen LogP) is 3.48. The van der Waals surface area contributed by atoms with Crippen molar-refractivity contribution in [1.82, 2.24) is 19.9 Å². The third-order valence-electron chi connectivity index (χ3n) is 5.63. The Labute approximate surface area is 163 Å². The molecule has 6 nitrogen and oxygen atoms in total. The van der Waals surface area contributed by atoms with Crippen molar-refractivity contribution in [2.75, 3.05) is 18.4 Å². The van der Waals surface area contributed by atoms with Crippen molar-refractivity contribution in [3.8, 4) is 0 Å². The molecular weight excluding hydrogens is 370 g/mol. The Morgan fingerprint density at radius 3 is 2.54 bits per heavy atom. The smallest absolute Gasteiger partial charge is 0.225 e. The summed E-state index contributed by atoms with van der Waals surface area (Å²) >= 11 is 7.71. The summed E-state index contributed by atoms with van der Waals surface area (Å²) in [6.45, 7) is 4.16. The molecule has 0 radical (unpaired) electrons. The van der Waals surface area contributed by atoms with Crippen LogP contribution in [0.25, 0.3) is 10.3 Å². The highest BCUT2D eigenvalue weighted by Gasteiger charge is 2.29. The third kappa shape index (κ3) is 3.96. The van der Waals surface area contributed by atoms with E-state index in [0.717, 1.165) is 66.4 Å².